The van der Waals surface area contributed by atoms with Gasteiger partial charge >= 0.3 is 0 Å². The van der Waals surface area contributed by atoms with Crippen LogP contribution in [-0.4, -0.2) is 72.0 Å². The van der Waals surface area contributed by atoms with E-state index in [1.165, 1.54) is 6.26 Å². The van der Waals surface area contributed by atoms with E-state index < -0.39 is 9.84 Å². The molecule has 1 aromatic carbocycles. The summed E-state index contributed by atoms with van der Waals surface area (Å²) in [6, 6.07) is 9.99. The maximum atomic E-state index is 11.5. The van der Waals surface area contributed by atoms with Gasteiger partial charge in [0, 0.05) is 50.6 Å². The number of hydrogen-bond donors (Lipinski definition) is 1. The number of benzene rings is 1. The van der Waals surface area contributed by atoms with Crippen molar-refractivity contribution in [3.05, 3.63) is 42.7 Å². The monoisotopic (exact) mass is 513 g/mol. The lowest BCUT2D eigenvalue weighted by Crippen LogP contribution is -2.34. The lowest BCUT2D eigenvalue weighted by atomic mass is 9.86. The summed E-state index contributed by atoms with van der Waals surface area (Å²) >= 11 is 0. The van der Waals surface area contributed by atoms with Crippen molar-refractivity contribution in [2.75, 3.05) is 37.5 Å². The van der Waals surface area contributed by atoms with Crippen LogP contribution in [0.1, 0.15) is 39.0 Å². The number of anilines is 1. The van der Waals surface area contributed by atoms with E-state index in [0.29, 0.717) is 30.9 Å². The van der Waals surface area contributed by atoms with Gasteiger partial charge in [0.05, 0.1) is 17.9 Å². The minimum Gasteiger partial charge on any atom is -0.493 e. The third-order valence-electron chi connectivity index (χ3n) is 6.75. The van der Waals surface area contributed by atoms with E-state index in [9.17, 15) is 13.2 Å². The Bertz CT molecular complexity index is 1300. The van der Waals surface area contributed by atoms with Crippen molar-refractivity contribution in [1.82, 2.24) is 19.4 Å². The van der Waals surface area contributed by atoms with Crippen LogP contribution in [0.4, 0.5) is 5.95 Å². The van der Waals surface area contributed by atoms with Crippen molar-refractivity contribution in [3.63, 3.8) is 0 Å². The molecule has 10 heteroatoms. The van der Waals surface area contributed by atoms with E-state index in [-0.39, 0.29) is 11.7 Å². The number of fused-ring (bicyclic) bond motifs is 1. The summed E-state index contributed by atoms with van der Waals surface area (Å²) in [5, 5.41) is 4.44. The van der Waals surface area contributed by atoms with Gasteiger partial charge in [-0.25, -0.2) is 13.4 Å². The fraction of sp³-hybridized carbons (Fsp3) is 0.500. The molecule has 36 heavy (non-hydrogen) atoms. The predicted molar refractivity (Wildman–Crippen MR) is 141 cm³/mol. The van der Waals surface area contributed by atoms with Gasteiger partial charge in [0.1, 0.15) is 21.4 Å². The molecule has 4 rings (SSSR count). The van der Waals surface area contributed by atoms with Crippen LogP contribution in [0, 0.1) is 5.92 Å². The zero-order valence-corrected chi connectivity index (χ0v) is 22.0. The normalized spacial score (nSPS) is 18.2. The van der Waals surface area contributed by atoms with Crippen LogP contribution in [0.15, 0.2) is 42.7 Å². The smallest absolute Gasteiger partial charge is 0.224 e. The average Bonchev–Trinajstić information content (AvgIpc) is 3.27. The second-order valence-corrected chi connectivity index (χ2v) is 12.0. The minimum absolute atomic E-state index is 0.109. The standard InChI is InChI=1S/C26H35N5O4S/c1-19(32)30(2)18-20-8-10-21(11-9-20)28-26-27-14-12-25(29-26)31-15-13-22-23(31)6-4-7-24(22)35-16-5-17-36(3,33)34/h4,6-7,12-15,20-21H,5,8-11,16-18H2,1-3H3,(H,27,28,29)/t20-,21-. The quantitative estimate of drug-likeness (QED) is 0.412. The predicted octanol–water partition coefficient (Wildman–Crippen LogP) is 3.68. The molecule has 0 saturated heterocycles. The number of aromatic nitrogens is 3. The highest BCUT2D eigenvalue weighted by atomic mass is 32.2. The van der Waals surface area contributed by atoms with Crippen LogP contribution in [-0.2, 0) is 14.6 Å². The molecule has 0 spiro atoms. The molecule has 2 aromatic heterocycles. The van der Waals surface area contributed by atoms with Crippen molar-refractivity contribution in [2.45, 2.75) is 45.1 Å². The summed E-state index contributed by atoms with van der Waals surface area (Å²) in [4.78, 5) is 22.5. The second-order valence-electron chi connectivity index (χ2n) is 9.71. The maximum Gasteiger partial charge on any atom is 0.224 e. The topological polar surface area (TPSA) is 106 Å². The van der Waals surface area contributed by atoms with Crippen LogP contribution < -0.4 is 10.1 Å². The molecule has 3 aromatic rings. The summed E-state index contributed by atoms with van der Waals surface area (Å²) in [6.07, 6.45) is 9.60. The Labute approximate surface area is 212 Å². The molecule has 1 aliphatic carbocycles. The highest BCUT2D eigenvalue weighted by molar-refractivity contribution is 7.90. The van der Waals surface area contributed by atoms with Crippen molar-refractivity contribution >= 4 is 32.6 Å². The highest BCUT2D eigenvalue weighted by Gasteiger charge is 2.23. The van der Waals surface area contributed by atoms with Gasteiger partial charge in [-0.2, -0.15) is 4.98 Å². The number of nitrogens with one attached hydrogen (secondary N) is 1. The number of hydrogen-bond acceptors (Lipinski definition) is 7. The Morgan fingerprint density at radius 2 is 1.97 bits per heavy atom. The Morgan fingerprint density at radius 1 is 1.19 bits per heavy atom. The Hall–Kier alpha value is -3.14. The van der Waals surface area contributed by atoms with E-state index in [4.69, 9.17) is 9.72 Å². The molecule has 0 bridgehead atoms. The number of sulfone groups is 1. The van der Waals surface area contributed by atoms with Gasteiger partial charge in [-0.3, -0.25) is 4.79 Å². The van der Waals surface area contributed by atoms with E-state index >= 15 is 0 Å². The van der Waals surface area contributed by atoms with Crippen molar-refractivity contribution in [2.24, 2.45) is 5.92 Å². The first kappa shape index (κ1) is 25.9. The summed E-state index contributed by atoms with van der Waals surface area (Å²) in [7, 11) is -1.13. The van der Waals surface area contributed by atoms with Crippen LogP contribution in [0.25, 0.3) is 16.7 Å². The minimum atomic E-state index is -3.00. The molecule has 0 aliphatic heterocycles. The summed E-state index contributed by atoms with van der Waals surface area (Å²) < 4.78 is 30.6. The molecule has 0 radical (unpaired) electrons. The number of ether oxygens (including phenoxy) is 1. The maximum absolute atomic E-state index is 11.5. The first-order chi connectivity index (χ1) is 17.2. The first-order valence-electron chi connectivity index (χ1n) is 12.4. The lowest BCUT2D eigenvalue weighted by Gasteiger charge is -2.31. The number of rotatable bonds is 10. The fourth-order valence-electron chi connectivity index (χ4n) is 4.71. The van der Waals surface area contributed by atoms with Crippen molar-refractivity contribution < 1.29 is 17.9 Å². The largest absolute Gasteiger partial charge is 0.493 e. The van der Waals surface area contributed by atoms with Gasteiger partial charge < -0.3 is 19.5 Å². The van der Waals surface area contributed by atoms with Crippen LogP contribution in [0.2, 0.25) is 0 Å². The number of carbonyl (C=O) groups excluding carboxylic acids is 1. The van der Waals surface area contributed by atoms with Gasteiger partial charge in [0.25, 0.3) is 0 Å². The average molecular weight is 514 g/mol. The molecule has 9 nitrogen and oxygen atoms in total. The third-order valence-corrected chi connectivity index (χ3v) is 7.78. The van der Waals surface area contributed by atoms with Gasteiger partial charge in [0.2, 0.25) is 11.9 Å². The van der Waals surface area contributed by atoms with Crippen molar-refractivity contribution in [1.29, 1.82) is 0 Å². The Balaban J connectivity index is 1.40. The van der Waals surface area contributed by atoms with E-state index in [1.807, 2.05) is 48.1 Å². The SMILES string of the molecule is CC(=O)N(C)C[C@H]1CC[C@H](Nc2nccc(-n3ccc4c(OCCCS(C)(=O)=O)cccc43)n2)CC1. The van der Waals surface area contributed by atoms with Crippen LogP contribution in [0.3, 0.4) is 0 Å². The van der Waals surface area contributed by atoms with Gasteiger partial charge in [0.15, 0.2) is 0 Å². The van der Waals surface area contributed by atoms with E-state index in [2.05, 4.69) is 10.3 Å². The molecule has 0 unspecified atom stereocenters. The van der Waals surface area contributed by atoms with Gasteiger partial charge in [-0.15, -0.1) is 0 Å². The molecule has 1 amide bonds. The van der Waals surface area contributed by atoms with Crippen LogP contribution in [0.5, 0.6) is 5.75 Å². The van der Waals surface area contributed by atoms with E-state index in [1.54, 1.807) is 18.0 Å². The molecular weight excluding hydrogens is 478 g/mol. The lowest BCUT2D eigenvalue weighted by molar-refractivity contribution is -0.128. The van der Waals surface area contributed by atoms with E-state index in [0.717, 1.165) is 54.7 Å². The molecule has 1 aliphatic rings. The third kappa shape index (κ3) is 6.75. The molecule has 1 saturated carbocycles. The second kappa shape index (κ2) is 11.3. The number of amides is 1. The zero-order chi connectivity index (χ0) is 25.7. The summed E-state index contributed by atoms with van der Waals surface area (Å²) in [5.41, 5.74) is 0.954. The molecule has 2 heterocycles. The summed E-state index contributed by atoms with van der Waals surface area (Å²) in [5.74, 6) is 2.85. The first-order valence-corrected chi connectivity index (χ1v) is 14.5. The Morgan fingerprint density at radius 3 is 2.69 bits per heavy atom. The molecule has 194 valence electrons. The summed E-state index contributed by atoms with van der Waals surface area (Å²) in [6.45, 7) is 2.77. The molecule has 1 fully saturated rings. The van der Waals surface area contributed by atoms with Crippen LogP contribution >= 0.6 is 0 Å². The number of nitrogens with zero attached hydrogens (tertiary/aromatic N) is 4. The molecule has 1 N–H and O–H groups in total. The Kier molecular flexibility index (Phi) is 8.13. The fourth-order valence-corrected chi connectivity index (χ4v) is 5.35. The van der Waals surface area contributed by atoms with Gasteiger partial charge in [-0.05, 0) is 62.3 Å². The molecule has 0 atom stereocenters. The van der Waals surface area contributed by atoms with Crippen molar-refractivity contribution in [3.8, 4) is 11.6 Å². The number of carbonyl (C=O) groups is 1. The highest BCUT2D eigenvalue weighted by Crippen LogP contribution is 2.29. The van der Waals surface area contributed by atoms with Gasteiger partial charge in [-0.1, -0.05) is 6.07 Å². The zero-order valence-electron chi connectivity index (χ0n) is 21.2. The molecular formula is C26H35N5O4S.